The van der Waals surface area contributed by atoms with Crippen LogP contribution in [0.25, 0.3) is 0 Å². The van der Waals surface area contributed by atoms with Crippen molar-refractivity contribution in [3.8, 4) is 5.75 Å². The first kappa shape index (κ1) is 14.9. The molecular formula is C17H25NO2. The Morgan fingerprint density at radius 3 is 2.50 bits per heavy atom. The molecule has 20 heavy (non-hydrogen) atoms. The molecule has 1 aromatic carbocycles. The molecule has 0 heterocycles. The molecule has 3 heteroatoms. The summed E-state index contributed by atoms with van der Waals surface area (Å²) in [4.78, 5) is 12.1. The molecule has 1 fully saturated rings. The van der Waals surface area contributed by atoms with Crippen LogP contribution < -0.4 is 10.1 Å². The monoisotopic (exact) mass is 275 g/mol. The molecule has 1 amide bonds. The Morgan fingerprint density at radius 2 is 1.85 bits per heavy atom. The van der Waals surface area contributed by atoms with Crippen molar-refractivity contribution in [2.45, 2.75) is 64.5 Å². The van der Waals surface area contributed by atoms with Gasteiger partial charge in [-0.15, -0.1) is 0 Å². The van der Waals surface area contributed by atoms with Crippen LogP contribution in [-0.4, -0.2) is 18.1 Å². The molecule has 0 saturated heterocycles. The minimum Gasteiger partial charge on any atom is -0.481 e. The van der Waals surface area contributed by atoms with Crippen LogP contribution in [0.4, 0.5) is 0 Å². The van der Waals surface area contributed by atoms with Crippen LogP contribution in [0.3, 0.4) is 0 Å². The van der Waals surface area contributed by atoms with Crippen molar-refractivity contribution >= 4 is 5.91 Å². The van der Waals surface area contributed by atoms with E-state index in [1.54, 1.807) is 0 Å². The Morgan fingerprint density at radius 1 is 1.20 bits per heavy atom. The lowest BCUT2D eigenvalue weighted by atomic mass is 10.0. The van der Waals surface area contributed by atoms with Gasteiger partial charge in [0.15, 0.2) is 6.10 Å². The minimum atomic E-state index is -0.449. The molecule has 0 aromatic heterocycles. The van der Waals surface area contributed by atoms with E-state index in [9.17, 15) is 4.79 Å². The molecule has 0 spiro atoms. The number of hydrogen-bond acceptors (Lipinski definition) is 2. The maximum absolute atomic E-state index is 12.1. The zero-order valence-electron chi connectivity index (χ0n) is 12.7. The lowest BCUT2D eigenvalue weighted by molar-refractivity contribution is -0.128. The summed E-state index contributed by atoms with van der Waals surface area (Å²) in [6.07, 6.45) is 4.19. The molecule has 0 aliphatic heterocycles. The molecule has 110 valence electrons. The maximum atomic E-state index is 12.1. The van der Waals surface area contributed by atoms with Crippen molar-refractivity contribution < 1.29 is 9.53 Å². The normalized spacial score (nSPS) is 17.2. The lowest BCUT2D eigenvalue weighted by Gasteiger charge is -2.20. The predicted octanol–water partition coefficient (Wildman–Crippen LogP) is 3.64. The van der Waals surface area contributed by atoms with Crippen molar-refractivity contribution in [3.63, 3.8) is 0 Å². The van der Waals surface area contributed by atoms with Gasteiger partial charge in [-0.2, -0.15) is 0 Å². The van der Waals surface area contributed by atoms with E-state index in [1.165, 1.54) is 12.8 Å². The summed E-state index contributed by atoms with van der Waals surface area (Å²) in [6.45, 7) is 6.08. The van der Waals surface area contributed by atoms with Gasteiger partial charge in [0.25, 0.3) is 5.91 Å². The highest BCUT2D eigenvalue weighted by atomic mass is 16.5. The first-order valence-corrected chi connectivity index (χ1v) is 7.64. The van der Waals surface area contributed by atoms with Gasteiger partial charge in [0.1, 0.15) is 5.75 Å². The van der Waals surface area contributed by atoms with E-state index in [0.29, 0.717) is 12.0 Å². The molecule has 0 bridgehead atoms. The van der Waals surface area contributed by atoms with E-state index >= 15 is 0 Å². The first-order valence-electron chi connectivity index (χ1n) is 7.64. The molecule has 0 unspecified atom stereocenters. The molecule has 1 atom stereocenters. The van der Waals surface area contributed by atoms with Crippen molar-refractivity contribution in [1.82, 2.24) is 5.32 Å². The van der Waals surface area contributed by atoms with Gasteiger partial charge in [-0.25, -0.2) is 0 Å². The Bertz CT molecular complexity index is 450. The Balaban J connectivity index is 1.96. The maximum Gasteiger partial charge on any atom is 0.260 e. The largest absolute Gasteiger partial charge is 0.481 e. The predicted molar refractivity (Wildman–Crippen MR) is 81.0 cm³/mol. The average molecular weight is 275 g/mol. The Hall–Kier alpha value is -1.51. The third-order valence-electron chi connectivity index (χ3n) is 3.92. The number of para-hydroxylation sites is 1. The third-order valence-corrected chi connectivity index (χ3v) is 3.92. The standard InChI is InChI=1S/C17H25NO2/c1-12(2)15-10-6-7-11-16(15)20-13(3)17(19)18-14-8-4-5-9-14/h6-7,10-14H,4-5,8-9H2,1-3H3,(H,18,19)/t13-/m1/s1. The number of carbonyl (C=O) groups is 1. The highest BCUT2D eigenvalue weighted by Gasteiger charge is 2.22. The van der Waals surface area contributed by atoms with Gasteiger partial charge in [0, 0.05) is 6.04 Å². The summed E-state index contributed by atoms with van der Waals surface area (Å²) in [5.41, 5.74) is 1.15. The van der Waals surface area contributed by atoms with E-state index in [2.05, 4.69) is 25.2 Å². The van der Waals surface area contributed by atoms with Crippen LogP contribution in [-0.2, 0) is 4.79 Å². The van der Waals surface area contributed by atoms with Gasteiger partial charge in [0.05, 0.1) is 0 Å². The van der Waals surface area contributed by atoms with Crippen LogP contribution in [0.15, 0.2) is 24.3 Å². The highest BCUT2D eigenvalue weighted by molar-refractivity contribution is 5.81. The van der Waals surface area contributed by atoms with E-state index in [1.807, 2.05) is 25.1 Å². The summed E-state index contributed by atoms with van der Waals surface area (Å²) < 4.78 is 5.87. The SMILES string of the molecule is CC(C)c1ccccc1O[C@H](C)C(=O)NC1CCCC1. The number of nitrogens with one attached hydrogen (secondary N) is 1. The van der Waals surface area contributed by atoms with Gasteiger partial charge >= 0.3 is 0 Å². The summed E-state index contributed by atoms with van der Waals surface area (Å²) in [7, 11) is 0. The molecule has 1 aliphatic rings. The van der Waals surface area contributed by atoms with E-state index < -0.39 is 6.10 Å². The summed E-state index contributed by atoms with van der Waals surface area (Å²) in [6, 6.07) is 8.29. The number of rotatable bonds is 5. The fourth-order valence-electron chi connectivity index (χ4n) is 2.70. The van der Waals surface area contributed by atoms with Crippen molar-refractivity contribution in [2.24, 2.45) is 0 Å². The van der Waals surface area contributed by atoms with Crippen LogP contribution in [0.5, 0.6) is 5.75 Å². The quantitative estimate of drug-likeness (QED) is 0.891. The minimum absolute atomic E-state index is 0.00420. The molecule has 1 aliphatic carbocycles. The van der Waals surface area contributed by atoms with Gasteiger partial charge in [-0.1, -0.05) is 44.9 Å². The summed E-state index contributed by atoms with van der Waals surface area (Å²) in [5.74, 6) is 1.20. The number of benzene rings is 1. The summed E-state index contributed by atoms with van der Waals surface area (Å²) >= 11 is 0. The Kier molecular flexibility index (Phi) is 5.05. The zero-order chi connectivity index (χ0) is 14.5. The number of hydrogen-bond donors (Lipinski definition) is 1. The van der Waals surface area contributed by atoms with Gasteiger partial charge in [0.2, 0.25) is 0 Å². The van der Waals surface area contributed by atoms with Crippen LogP contribution in [0.1, 0.15) is 57.9 Å². The second kappa shape index (κ2) is 6.78. The number of carbonyl (C=O) groups excluding carboxylic acids is 1. The number of ether oxygens (including phenoxy) is 1. The van der Waals surface area contributed by atoms with Crippen LogP contribution in [0, 0.1) is 0 Å². The van der Waals surface area contributed by atoms with Gasteiger partial charge < -0.3 is 10.1 Å². The lowest BCUT2D eigenvalue weighted by Crippen LogP contribution is -2.41. The molecule has 1 saturated carbocycles. The molecular weight excluding hydrogens is 250 g/mol. The molecule has 2 rings (SSSR count). The van der Waals surface area contributed by atoms with Crippen molar-refractivity contribution in [1.29, 1.82) is 0 Å². The van der Waals surface area contributed by atoms with Crippen molar-refractivity contribution in [2.75, 3.05) is 0 Å². The van der Waals surface area contributed by atoms with Gasteiger partial charge in [-0.3, -0.25) is 4.79 Å². The smallest absolute Gasteiger partial charge is 0.260 e. The third kappa shape index (κ3) is 3.75. The Labute approximate surface area is 121 Å². The number of amides is 1. The van der Waals surface area contributed by atoms with Crippen LogP contribution >= 0.6 is 0 Å². The highest BCUT2D eigenvalue weighted by Crippen LogP contribution is 2.26. The van der Waals surface area contributed by atoms with E-state index in [-0.39, 0.29) is 5.91 Å². The molecule has 1 N–H and O–H groups in total. The second-order valence-corrected chi connectivity index (χ2v) is 5.94. The molecule has 1 aromatic rings. The van der Waals surface area contributed by atoms with Gasteiger partial charge in [-0.05, 0) is 37.3 Å². The molecule has 3 nitrogen and oxygen atoms in total. The zero-order valence-corrected chi connectivity index (χ0v) is 12.7. The summed E-state index contributed by atoms with van der Waals surface area (Å²) in [5, 5.41) is 3.08. The molecule has 0 radical (unpaired) electrons. The van der Waals surface area contributed by atoms with E-state index in [4.69, 9.17) is 4.74 Å². The van der Waals surface area contributed by atoms with Crippen molar-refractivity contribution in [3.05, 3.63) is 29.8 Å². The first-order chi connectivity index (χ1) is 9.58. The van der Waals surface area contributed by atoms with E-state index in [0.717, 1.165) is 24.2 Å². The van der Waals surface area contributed by atoms with Crippen LogP contribution in [0.2, 0.25) is 0 Å². The fourth-order valence-corrected chi connectivity index (χ4v) is 2.70. The fraction of sp³-hybridized carbons (Fsp3) is 0.588. The second-order valence-electron chi connectivity index (χ2n) is 5.94. The topological polar surface area (TPSA) is 38.3 Å². The average Bonchev–Trinajstić information content (AvgIpc) is 2.91.